The highest BCUT2D eigenvalue weighted by Gasteiger charge is 2.26. The lowest BCUT2D eigenvalue weighted by Gasteiger charge is -2.20. The first-order valence-corrected chi connectivity index (χ1v) is 10.5. The lowest BCUT2D eigenvalue weighted by Crippen LogP contribution is -2.31. The molecular formula is C23H20N4O3S. The molecule has 2 aromatic carbocycles. The van der Waals surface area contributed by atoms with Crippen LogP contribution < -0.4 is 4.90 Å². The number of hydrogen-bond donors (Lipinski definition) is 0. The van der Waals surface area contributed by atoms with E-state index in [0.717, 1.165) is 21.3 Å². The van der Waals surface area contributed by atoms with Gasteiger partial charge in [0.2, 0.25) is 0 Å². The Morgan fingerprint density at radius 1 is 1.13 bits per heavy atom. The number of nitrogens with zero attached hydrogens (tertiary/aromatic N) is 4. The van der Waals surface area contributed by atoms with Gasteiger partial charge in [-0.15, -0.1) is 0 Å². The molecule has 0 saturated carbocycles. The Hall–Kier alpha value is -3.65. The van der Waals surface area contributed by atoms with E-state index >= 15 is 0 Å². The Morgan fingerprint density at radius 2 is 1.94 bits per heavy atom. The molecule has 8 heteroatoms. The minimum Gasteiger partial charge on any atom is -0.278 e. The molecule has 0 N–H and O–H groups in total. The van der Waals surface area contributed by atoms with E-state index in [1.165, 1.54) is 23.5 Å². The van der Waals surface area contributed by atoms with Gasteiger partial charge < -0.3 is 0 Å². The number of carbonyl (C=O) groups is 1. The number of anilines is 1. The molecule has 0 radical (unpaired) electrons. The van der Waals surface area contributed by atoms with Gasteiger partial charge in [-0.1, -0.05) is 29.5 Å². The van der Waals surface area contributed by atoms with Crippen LogP contribution in [0.3, 0.4) is 0 Å². The summed E-state index contributed by atoms with van der Waals surface area (Å²) >= 11 is 1.42. The van der Waals surface area contributed by atoms with E-state index in [-0.39, 0.29) is 23.7 Å². The highest BCUT2D eigenvalue weighted by Crippen LogP contribution is 2.34. The van der Waals surface area contributed by atoms with Crippen molar-refractivity contribution in [2.24, 2.45) is 0 Å². The summed E-state index contributed by atoms with van der Waals surface area (Å²) in [5, 5.41) is 11.9. The van der Waals surface area contributed by atoms with Crippen LogP contribution in [0.4, 0.5) is 10.8 Å². The van der Waals surface area contributed by atoms with Crippen LogP contribution in [-0.2, 0) is 6.54 Å². The molecule has 0 fully saturated rings. The van der Waals surface area contributed by atoms with Crippen LogP contribution in [-0.4, -0.2) is 20.8 Å². The average molecular weight is 433 g/mol. The van der Waals surface area contributed by atoms with Gasteiger partial charge in [-0.05, 0) is 56.2 Å². The van der Waals surface area contributed by atoms with Gasteiger partial charge in [0.05, 0.1) is 27.4 Å². The monoisotopic (exact) mass is 432 g/mol. The average Bonchev–Trinajstić information content (AvgIpc) is 3.16. The first-order chi connectivity index (χ1) is 14.8. The van der Waals surface area contributed by atoms with E-state index in [2.05, 4.69) is 11.1 Å². The van der Waals surface area contributed by atoms with Crippen molar-refractivity contribution in [2.75, 3.05) is 4.90 Å². The summed E-state index contributed by atoms with van der Waals surface area (Å²) in [6, 6.07) is 14.1. The fourth-order valence-corrected chi connectivity index (χ4v) is 4.69. The third kappa shape index (κ3) is 4.02. The van der Waals surface area contributed by atoms with E-state index in [1.54, 1.807) is 24.1 Å². The standard InChI is InChI=1S/C23H20N4O3S/c1-14-11-15(2)21-20(12-14)31-23(25-21)26(13-17-7-4-5-10-24-17)22(28)18-8-6-9-19(16(18)3)27(29)30/h4-12H,13H2,1-3H3. The number of carbonyl (C=O) groups excluding carboxylic acids is 1. The van der Waals surface area contributed by atoms with Gasteiger partial charge in [-0.25, -0.2) is 4.98 Å². The van der Waals surface area contributed by atoms with E-state index in [4.69, 9.17) is 4.98 Å². The van der Waals surface area contributed by atoms with Crippen LogP contribution in [0.5, 0.6) is 0 Å². The third-order valence-corrected chi connectivity index (χ3v) is 6.10. The second-order valence-corrected chi connectivity index (χ2v) is 8.35. The van der Waals surface area contributed by atoms with Gasteiger partial charge in [0, 0.05) is 23.4 Å². The first-order valence-electron chi connectivity index (χ1n) is 9.68. The summed E-state index contributed by atoms with van der Waals surface area (Å²) in [5.41, 5.74) is 4.23. The molecule has 0 saturated heterocycles. The molecule has 0 aliphatic carbocycles. The predicted octanol–water partition coefficient (Wildman–Crippen LogP) is 5.37. The van der Waals surface area contributed by atoms with Crippen LogP contribution in [0.15, 0.2) is 54.7 Å². The molecule has 0 unspecified atom stereocenters. The SMILES string of the molecule is Cc1cc(C)c2nc(N(Cc3ccccn3)C(=O)c3cccc([N+](=O)[O-])c3C)sc2c1. The summed E-state index contributed by atoms with van der Waals surface area (Å²) in [6.07, 6.45) is 1.67. The summed E-state index contributed by atoms with van der Waals surface area (Å²) in [7, 11) is 0. The van der Waals surface area contributed by atoms with Crippen molar-refractivity contribution >= 4 is 38.3 Å². The highest BCUT2D eigenvalue weighted by atomic mass is 32.1. The van der Waals surface area contributed by atoms with Gasteiger partial charge in [0.25, 0.3) is 11.6 Å². The summed E-state index contributed by atoms with van der Waals surface area (Å²) < 4.78 is 0.988. The van der Waals surface area contributed by atoms with Crippen LogP contribution in [0.25, 0.3) is 10.2 Å². The first kappa shape index (κ1) is 20.6. The van der Waals surface area contributed by atoms with Gasteiger partial charge >= 0.3 is 0 Å². The number of amides is 1. The number of hydrogen-bond acceptors (Lipinski definition) is 6. The van der Waals surface area contributed by atoms with Gasteiger partial charge in [-0.3, -0.25) is 24.8 Å². The Kier molecular flexibility index (Phi) is 5.48. The Balaban J connectivity index is 1.84. The number of nitro benzene ring substituents is 1. The topological polar surface area (TPSA) is 89.2 Å². The molecular weight excluding hydrogens is 412 g/mol. The van der Waals surface area contributed by atoms with Crippen LogP contribution >= 0.6 is 11.3 Å². The van der Waals surface area contributed by atoms with Crippen molar-refractivity contribution in [1.29, 1.82) is 0 Å². The number of rotatable bonds is 5. The Morgan fingerprint density at radius 3 is 2.65 bits per heavy atom. The van der Waals surface area contributed by atoms with Gasteiger partial charge in [0.15, 0.2) is 5.13 Å². The fraction of sp³-hybridized carbons (Fsp3) is 0.174. The van der Waals surface area contributed by atoms with Crippen LogP contribution in [0.2, 0.25) is 0 Å². The number of aryl methyl sites for hydroxylation is 2. The lowest BCUT2D eigenvalue weighted by molar-refractivity contribution is -0.385. The fourth-order valence-electron chi connectivity index (χ4n) is 3.55. The summed E-state index contributed by atoms with van der Waals surface area (Å²) in [5.74, 6) is -0.347. The second-order valence-electron chi connectivity index (χ2n) is 7.34. The van der Waals surface area contributed by atoms with Crippen molar-refractivity contribution in [1.82, 2.24) is 9.97 Å². The maximum absolute atomic E-state index is 13.6. The number of pyridine rings is 1. The van der Waals surface area contributed by atoms with E-state index in [0.29, 0.717) is 16.4 Å². The zero-order valence-electron chi connectivity index (χ0n) is 17.3. The number of benzene rings is 2. The number of fused-ring (bicyclic) bond motifs is 1. The molecule has 1 amide bonds. The minimum atomic E-state index is -0.473. The maximum Gasteiger partial charge on any atom is 0.273 e. The lowest BCUT2D eigenvalue weighted by atomic mass is 10.1. The largest absolute Gasteiger partial charge is 0.278 e. The molecule has 2 aromatic heterocycles. The number of aromatic nitrogens is 2. The van der Waals surface area contributed by atoms with Crippen molar-refractivity contribution in [3.05, 3.63) is 92.8 Å². The smallest absolute Gasteiger partial charge is 0.273 e. The Bertz CT molecular complexity index is 1300. The summed E-state index contributed by atoms with van der Waals surface area (Å²) in [4.78, 5) is 35.2. The molecule has 0 spiro atoms. The Labute approximate surface area is 183 Å². The number of thiazole rings is 1. The van der Waals surface area contributed by atoms with Gasteiger partial charge in [0.1, 0.15) is 0 Å². The second kappa shape index (κ2) is 8.23. The number of nitro groups is 1. The van der Waals surface area contributed by atoms with Crippen molar-refractivity contribution < 1.29 is 9.72 Å². The summed E-state index contributed by atoms with van der Waals surface area (Å²) in [6.45, 7) is 5.82. The maximum atomic E-state index is 13.6. The molecule has 0 aliphatic rings. The zero-order chi connectivity index (χ0) is 22.1. The van der Waals surface area contributed by atoms with Crippen molar-refractivity contribution in [3.63, 3.8) is 0 Å². The molecule has 31 heavy (non-hydrogen) atoms. The van der Waals surface area contributed by atoms with E-state index < -0.39 is 4.92 Å². The van der Waals surface area contributed by atoms with E-state index in [1.807, 2.05) is 38.1 Å². The third-order valence-electron chi connectivity index (χ3n) is 5.07. The van der Waals surface area contributed by atoms with Crippen molar-refractivity contribution in [2.45, 2.75) is 27.3 Å². The molecule has 4 rings (SSSR count). The molecule has 4 aromatic rings. The zero-order valence-corrected chi connectivity index (χ0v) is 18.1. The highest BCUT2D eigenvalue weighted by molar-refractivity contribution is 7.22. The van der Waals surface area contributed by atoms with Gasteiger partial charge in [-0.2, -0.15) is 0 Å². The van der Waals surface area contributed by atoms with E-state index in [9.17, 15) is 14.9 Å². The quantitative estimate of drug-likeness (QED) is 0.312. The molecule has 0 aliphatic heterocycles. The predicted molar refractivity (Wildman–Crippen MR) is 122 cm³/mol. The van der Waals surface area contributed by atoms with Crippen LogP contribution in [0, 0.1) is 30.9 Å². The molecule has 2 heterocycles. The molecule has 7 nitrogen and oxygen atoms in total. The molecule has 0 bridgehead atoms. The molecule has 0 atom stereocenters. The molecule has 156 valence electrons. The van der Waals surface area contributed by atoms with Crippen molar-refractivity contribution in [3.8, 4) is 0 Å². The minimum absolute atomic E-state index is 0.0839. The van der Waals surface area contributed by atoms with Crippen LogP contribution in [0.1, 0.15) is 32.7 Å². The normalized spacial score (nSPS) is 10.9.